The van der Waals surface area contributed by atoms with Gasteiger partial charge in [-0.15, -0.1) is 21.5 Å². The summed E-state index contributed by atoms with van der Waals surface area (Å²) < 4.78 is 12.0. The molecule has 1 N–H and O–H groups in total. The van der Waals surface area contributed by atoms with Crippen molar-refractivity contribution < 1.29 is 13.9 Å². The smallest absolute Gasteiger partial charge is 0.277 e. The van der Waals surface area contributed by atoms with Crippen molar-refractivity contribution in [2.24, 2.45) is 0 Å². The summed E-state index contributed by atoms with van der Waals surface area (Å²) >= 11 is 4.17. The molecule has 0 atom stereocenters. The van der Waals surface area contributed by atoms with E-state index in [0.29, 0.717) is 29.3 Å². The maximum atomic E-state index is 12.2. The van der Waals surface area contributed by atoms with Gasteiger partial charge in [0.15, 0.2) is 5.13 Å². The van der Waals surface area contributed by atoms with E-state index in [0.717, 1.165) is 26.7 Å². The number of amides is 1. The molecular formula is C18H17N5O3S3. The summed E-state index contributed by atoms with van der Waals surface area (Å²) in [4.78, 5) is 21.0. The number of aromatic nitrogens is 4. The zero-order chi connectivity index (χ0) is 20.2. The average Bonchev–Trinajstić information content (AvgIpc) is 3.40. The number of ether oxygens (including phenoxy) is 1. The minimum Gasteiger partial charge on any atom is -0.494 e. The van der Waals surface area contributed by atoms with Gasteiger partial charge in [-0.05, 0) is 32.0 Å². The maximum absolute atomic E-state index is 12.2. The highest BCUT2D eigenvalue weighted by atomic mass is 32.2. The van der Waals surface area contributed by atoms with E-state index < -0.39 is 0 Å². The van der Waals surface area contributed by atoms with E-state index in [1.165, 1.54) is 23.1 Å². The van der Waals surface area contributed by atoms with Gasteiger partial charge in [0.2, 0.25) is 11.8 Å². The van der Waals surface area contributed by atoms with Gasteiger partial charge in [0.05, 0.1) is 39.7 Å². The number of aryl methyl sites for hydroxylation is 1. The van der Waals surface area contributed by atoms with E-state index in [9.17, 15) is 4.79 Å². The van der Waals surface area contributed by atoms with Crippen LogP contribution in [0.15, 0.2) is 33.2 Å². The molecule has 29 heavy (non-hydrogen) atoms. The number of rotatable bonds is 8. The molecule has 0 saturated heterocycles. The minimum atomic E-state index is -0.186. The van der Waals surface area contributed by atoms with Gasteiger partial charge in [0.1, 0.15) is 5.75 Å². The summed E-state index contributed by atoms with van der Waals surface area (Å²) in [7, 11) is 0. The highest BCUT2D eigenvalue weighted by molar-refractivity contribution is 7.99. The number of hydrogen-bond donors (Lipinski definition) is 1. The Bertz CT molecular complexity index is 1140. The molecule has 3 heterocycles. The second-order valence-electron chi connectivity index (χ2n) is 5.91. The molecule has 0 aliphatic rings. The number of thiazole rings is 2. The Kier molecular flexibility index (Phi) is 6.07. The van der Waals surface area contributed by atoms with Crippen LogP contribution in [0.1, 0.15) is 23.5 Å². The Balaban J connectivity index is 1.31. The van der Waals surface area contributed by atoms with Crippen LogP contribution in [0.25, 0.3) is 10.2 Å². The lowest BCUT2D eigenvalue weighted by Gasteiger charge is -2.00. The lowest BCUT2D eigenvalue weighted by molar-refractivity contribution is -0.113. The zero-order valence-corrected chi connectivity index (χ0v) is 18.1. The Hall–Kier alpha value is -2.50. The van der Waals surface area contributed by atoms with Crippen LogP contribution in [0.5, 0.6) is 5.75 Å². The third-order valence-corrected chi connectivity index (χ3v) is 6.27. The molecule has 0 unspecified atom stereocenters. The average molecular weight is 448 g/mol. The lowest BCUT2D eigenvalue weighted by Crippen LogP contribution is -2.13. The van der Waals surface area contributed by atoms with Crippen LogP contribution in [0.2, 0.25) is 0 Å². The van der Waals surface area contributed by atoms with E-state index in [1.807, 2.05) is 37.4 Å². The number of benzene rings is 1. The first-order chi connectivity index (χ1) is 14.1. The Morgan fingerprint density at radius 1 is 1.31 bits per heavy atom. The van der Waals surface area contributed by atoms with Crippen molar-refractivity contribution in [3.05, 3.63) is 40.2 Å². The number of nitrogens with one attached hydrogen (secondary N) is 1. The third-order valence-electron chi connectivity index (χ3n) is 3.69. The van der Waals surface area contributed by atoms with Gasteiger partial charge >= 0.3 is 0 Å². The first kappa shape index (κ1) is 19.8. The number of carbonyl (C=O) groups is 1. The second-order valence-corrected chi connectivity index (χ2v) is 8.93. The number of carbonyl (C=O) groups excluding carboxylic acids is 1. The van der Waals surface area contributed by atoms with Gasteiger partial charge in [0.25, 0.3) is 5.22 Å². The van der Waals surface area contributed by atoms with Crippen molar-refractivity contribution in [2.45, 2.75) is 25.5 Å². The van der Waals surface area contributed by atoms with E-state index in [4.69, 9.17) is 9.15 Å². The third kappa shape index (κ3) is 5.11. The van der Waals surface area contributed by atoms with Crippen LogP contribution in [0, 0.1) is 6.92 Å². The molecule has 1 amide bonds. The number of fused-ring (bicyclic) bond motifs is 1. The van der Waals surface area contributed by atoms with E-state index in [2.05, 4.69) is 25.5 Å². The Morgan fingerprint density at radius 2 is 2.21 bits per heavy atom. The normalized spacial score (nSPS) is 11.1. The molecule has 4 rings (SSSR count). The maximum Gasteiger partial charge on any atom is 0.277 e. The van der Waals surface area contributed by atoms with Crippen molar-refractivity contribution in [2.75, 3.05) is 17.7 Å². The van der Waals surface area contributed by atoms with Crippen LogP contribution in [-0.4, -0.2) is 38.4 Å². The zero-order valence-electron chi connectivity index (χ0n) is 15.7. The van der Waals surface area contributed by atoms with Crippen molar-refractivity contribution in [1.82, 2.24) is 20.2 Å². The first-order valence-electron chi connectivity index (χ1n) is 8.78. The van der Waals surface area contributed by atoms with Crippen molar-refractivity contribution >= 4 is 55.7 Å². The first-order valence-corrected chi connectivity index (χ1v) is 11.5. The van der Waals surface area contributed by atoms with Crippen LogP contribution in [-0.2, 0) is 11.2 Å². The van der Waals surface area contributed by atoms with Crippen LogP contribution < -0.4 is 10.1 Å². The molecule has 1 aromatic carbocycles. The molecule has 0 aliphatic carbocycles. The molecular weight excluding hydrogens is 430 g/mol. The second kappa shape index (κ2) is 8.89. The molecule has 0 spiro atoms. The number of hydrogen-bond acceptors (Lipinski definition) is 10. The van der Waals surface area contributed by atoms with Gasteiger partial charge < -0.3 is 14.5 Å². The quantitative estimate of drug-likeness (QED) is 0.402. The Labute approximate surface area is 178 Å². The lowest BCUT2D eigenvalue weighted by atomic mass is 10.3. The molecule has 3 aromatic heterocycles. The molecule has 0 radical (unpaired) electrons. The topological polar surface area (TPSA) is 103 Å². The van der Waals surface area contributed by atoms with Gasteiger partial charge in [-0.3, -0.25) is 4.79 Å². The number of thioether (sulfide) groups is 1. The predicted molar refractivity (Wildman–Crippen MR) is 114 cm³/mol. The molecule has 0 aliphatic heterocycles. The van der Waals surface area contributed by atoms with Gasteiger partial charge in [-0.25, -0.2) is 9.97 Å². The number of nitrogens with zero attached hydrogens (tertiary/aromatic N) is 4. The van der Waals surface area contributed by atoms with Crippen molar-refractivity contribution in [3.8, 4) is 5.75 Å². The van der Waals surface area contributed by atoms with Gasteiger partial charge in [-0.2, -0.15) is 0 Å². The van der Waals surface area contributed by atoms with Crippen LogP contribution in [0.4, 0.5) is 5.13 Å². The summed E-state index contributed by atoms with van der Waals surface area (Å²) in [6.07, 6.45) is 0.486. The van der Waals surface area contributed by atoms with E-state index >= 15 is 0 Å². The fraction of sp³-hybridized carbons (Fsp3) is 0.278. The summed E-state index contributed by atoms with van der Waals surface area (Å²) in [6.45, 7) is 4.49. The summed E-state index contributed by atoms with van der Waals surface area (Å²) in [5, 5.41) is 14.7. The highest BCUT2D eigenvalue weighted by Gasteiger charge is 2.13. The fourth-order valence-corrected chi connectivity index (χ4v) is 4.61. The molecule has 0 saturated carbocycles. The van der Waals surface area contributed by atoms with Crippen LogP contribution >= 0.6 is 34.4 Å². The van der Waals surface area contributed by atoms with Gasteiger partial charge in [-0.1, -0.05) is 23.1 Å². The predicted octanol–water partition coefficient (Wildman–Crippen LogP) is 4.16. The number of anilines is 1. The molecule has 0 bridgehead atoms. The summed E-state index contributed by atoms with van der Waals surface area (Å²) in [6, 6.07) is 5.67. The van der Waals surface area contributed by atoms with Gasteiger partial charge in [0, 0.05) is 5.38 Å². The van der Waals surface area contributed by atoms with E-state index in [1.54, 1.807) is 11.3 Å². The van der Waals surface area contributed by atoms with Crippen molar-refractivity contribution in [3.63, 3.8) is 0 Å². The standard InChI is InChI=1S/C18H17N5O3S3/c1-3-25-12-4-5-13-14(7-12)29-17(20-13)21-15(24)9-28-18-23-22-16(26-18)6-11-8-27-10(2)19-11/h4-5,7-8H,3,6,9H2,1-2H3,(H,20,21,24). The molecule has 0 fully saturated rings. The summed E-state index contributed by atoms with van der Waals surface area (Å²) in [5.74, 6) is 1.23. The Morgan fingerprint density at radius 3 is 3.00 bits per heavy atom. The summed E-state index contributed by atoms with van der Waals surface area (Å²) in [5.41, 5.74) is 1.72. The highest BCUT2D eigenvalue weighted by Crippen LogP contribution is 2.29. The fourth-order valence-electron chi connectivity index (χ4n) is 2.51. The van der Waals surface area contributed by atoms with E-state index in [-0.39, 0.29) is 11.7 Å². The molecule has 8 nitrogen and oxygen atoms in total. The van der Waals surface area contributed by atoms with Crippen molar-refractivity contribution in [1.29, 1.82) is 0 Å². The molecule has 4 aromatic rings. The molecule has 150 valence electrons. The monoisotopic (exact) mass is 447 g/mol. The largest absolute Gasteiger partial charge is 0.494 e. The molecule has 11 heteroatoms. The minimum absolute atomic E-state index is 0.150. The van der Waals surface area contributed by atoms with Crippen LogP contribution in [0.3, 0.4) is 0 Å². The SMILES string of the molecule is CCOc1ccc2nc(NC(=O)CSc3nnc(Cc4csc(C)n4)o3)sc2c1.